The van der Waals surface area contributed by atoms with E-state index in [9.17, 15) is 4.79 Å². The van der Waals surface area contributed by atoms with Gasteiger partial charge in [-0.1, -0.05) is 30.4 Å². The highest BCUT2D eigenvalue weighted by molar-refractivity contribution is 5.92. The second-order valence-electron chi connectivity index (χ2n) is 2.07. The van der Waals surface area contributed by atoms with Crippen molar-refractivity contribution in [3.63, 3.8) is 0 Å². The van der Waals surface area contributed by atoms with Crippen LogP contribution < -0.4 is 5.73 Å². The lowest BCUT2D eigenvalue weighted by atomic mass is 10.2. The lowest BCUT2D eigenvalue weighted by Crippen LogP contribution is -2.12. The molecule has 1 aliphatic carbocycles. The van der Waals surface area contributed by atoms with E-state index in [0.29, 0.717) is 12.0 Å². The summed E-state index contributed by atoms with van der Waals surface area (Å²) in [4.78, 5) is 10.6. The van der Waals surface area contributed by atoms with E-state index >= 15 is 0 Å². The molecule has 0 spiro atoms. The van der Waals surface area contributed by atoms with Crippen molar-refractivity contribution in [1.29, 1.82) is 0 Å². The molecule has 0 saturated carbocycles. The summed E-state index contributed by atoms with van der Waals surface area (Å²) in [6, 6.07) is 0. The SMILES string of the molecule is NC(=O)C1=CC=CC=CC1. The third kappa shape index (κ3) is 1.58. The molecule has 0 fully saturated rings. The van der Waals surface area contributed by atoms with E-state index in [1.807, 2.05) is 24.3 Å². The zero-order valence-electron chi connectivity index (χ0n) is 5.58. The Balaban J connectivity index is 2.78. The Hall–Kier alpha value is -1.31. The molecule has 52 valence electrons. The lowest BCUT2D eigenvalue weighted by molar-refractivity contribution is -0.114. The van der Waals surface area contributed by atoms with Crippen LogP contribution in [-0.4, -0.2) is 5.91 Å². The van der Waals surface area contributed by atoms with Crippen molar-refractivity contribution in [3.05, 3.63) is 36.0 Å². The number of nitrogens with two attached hydrogens (primary N) is 1. The smallest absolute Gasteiger partial charge is 0.244 e. The number of hydrogen-bond acceptors (Lipinski definition) is 1. The van der Waals surface area contributed by atoms with Crippen LogP contribution in [0.4, 0.5) is 0 Å². The lowest BCUT2D eigenvalue weighted by Gasteiger charge is -1.93. The summed E-state index contributed by atoms with van der Waals surface area (Å²) in [6.45, 7) is 0. The first-order valence-electron chi connectivity index (χ1n) is 3.13. The van der Waals surface area contributed by atoms with Crippen LogP contribution in [0.3, 0.4) is 0 Å². The summed E-state index contributed by atoms with van der Waals surface area (Å²) >= 11 is 0. The molecule has 0 aromatic carbocycles. The van der Waals surface area contributed by atoms with Crippen LogP contribution in [0.1, 0.15) is 6.42 Å². The average molecular weight is 135 g/mol. The van der Waals surface area contributed by atoms with Gasteiger partial charge in [0.25, 0.3) is 0 Å². The number of amides is 1. The van der Waals surface area contributed by atoms with Gasteiger partial charge >= 0.3 is 0 Å². The van der Waals surface area contributed by atoms with Gasteiger partial charge in [0.2, 0.25) is 5.91 Å². The van der Waals surface area contributed by atoms with Crippen LogP contribution in [-0.2, 0) is 4.79 Å². The summed E-state index contributed by atoms with van der Waals surface area (Å²) < 4.78 is 0. The number of primary amides is 1. The third-order valence-electron chi connectivity index (χ3n) is 1.31. The molecule has 2 nitrogen and oxygen atoms in total. The summed E-state index contributed by atoms with van der Waals surface area (Å²) in [5.74, 6) is -0.337. The minimum atomic E-state index is -0.337. The molecule has 1 aliphatic rings. The Kier molecular flexibility index (Phi) is 2.05. The van der Waals surface area contributed by atoms with Gasteiger partial charge in [-0.05, 0) is 6.42 Å². The minimum Gasteiger partial charge on any atom is -0.366 e. The van der Waals surface area contributed by atoms with E-state index in [1.165, 1.54) is 0 Å². The van der Waals surface area contributed by atoms with Crippen molar-refractivity contribution in [2.45, 2.75) is 6.42 Å². The van der Waals surface area contributed by atoms with E-state index in [-0.39, 0.29) is 5.91 Å². The molecule has 0 atom stereocenters. The van der Waals surface area contributed by atoms with Gasteiger partial charge in [-0.3, -0.25) is 4.79 Å². The normalized spacial score (nSPS) is 16.2. The Labute approximate surface area is 59.7 Å². The summed E-state index contributed by atoms with van der Waals surface area (Å²) in [7, 11) is 0. The maximum Gasteiger partial charge on any atom is 0.244 e. The van der Waals surface area contributed by atoms with Gasteiger partial charge in [0.15, 0.2) is 0 Å². The predicted octanol–water partition coefficient (Wildman–Crippen LogP) is 0.914. The third-order valence-corrected chi connectivity index (χ3v) is 1.31. The number of allylic oxidation sites excluding steroid dienone is 5. The first-order chi connectivity index (χ1) is 4.80. The van der Waals surface area contributed by atoms with Crippen molar-refractivity contribution in [3.8, 4) is 0 Å². The average Bonchev–Trinajstić information content (AvgIpc) is 2.12. The molecular weight excluding hydrogens is 126 g/mol. The van der Waals surface area contributed by atoms with Gasteiger partial charge in [-0.25, -0.2) is 0 Å². The summed E-state index contributed by atoms with van der Waals surface area (Å²) in [5.41, 5.74) is 5.72. The molecule has 0 bridgehead atoms. The molecule has 0 heterocycles. The molecule has 0 radical (unpaired) electrons. The van der Waals surface area contributed by atoms with Crippen LogP contribution in [0, 0.1) is 0 Å². The highest BCUT2D eigenvalue weighted by Gasteiger charge is 2.00. The Bertz CT molecular complexity index is 223. The standard InChI is InChI=1S/C8H9NO/c9-8(10)7-5-3-1-2-4-6-7/h1-5H,6H2,(H2,9,10). The van der Waals surface area contributed by atoms with Gasteiger partial charge in [0.05, 0.1) is 0 Å². The van der Waals surface area contributed by atoms with Gasteiger partial charge in [-0.2, -0.15) is 0 Å². The monoisotopic (exact) mass is 135 g/mol. The molecule has 0 aliphatic heterocycles. The highest BCUT2D eigenvalue weighted by atomic mass is 16.1. The molecule has 0 aromatic rings. The van der Waals surface area contributed by atoms with Crippen molar-refractivity contribution in [2.75, 3.05) is 0 Å². The molecule has 0 saturated heterocycles. The zero-order chi connectivity index (χ0) is 7.40. The van der Waals surface area contributed by atoms with Crippen LogP contribution >= 0.6 is 0 Å². The number of carbonyl (C=O) groups excluding carboxylic acids is 1. The fourth-order valence-corrected chi connectivity index (χ4v) is 0.760. The second kappa shape index (κ2) is 3.01. The van der Waals surface area contributed by atoms with Gasteiger partial charge in [0.1, 0.15) is 0 Å². The second-order valence-corrected chi connectivity index (χ2v) is 2.07. The number of carbonyl (C=O) groups is 1. The molecule has 0 aromatic heterocycles. The largest absolute Gasteiger partial charge is 0.366 e. The first kappa shape index (κ1) is 6.81. The zero-order valence-corrected chi connectivity index (χ0v) is 5.58. The highest BCUT2D eigenvalue weighted by Crippen LogP contribution is 2.05. The molecule has 2 heteroatoms. The van der Waals surface area contributed by atoms with Gasteiger partial charge < -0.3 is 5.73 Å². The Morgan fingerprint density at radius 2 is 2.20 bits per heavy atom. The maximum absolute atomic E-state index is 10.6. The van der Waals surface area contributed by atoms with Crippen LogP contribution in [0.5, 0.6) is 0 Å². The fraction of sp³-hybridized carbons (Fsp3) is 0.125. The van der Waals surface area contributed by atoms with E-state index in [0.717, 1.165) is 0 Å². The van der Waals surface area contributed by atoms with E-state index in [4.69, 9.17) is 5.73 Å². The maximum atomic E-state index is 10.6. The molecule has 0 unspecified atom stereocenters. The number of rotatable bonds is 1. The fourth-order valence-electron chi connectivity index (χ4n) is 0.760. The first-order valence-corrected chi connectivity index (χ1v) is 3.13. The molecule has 1 rings (SSSR count). The van der Waals surface area contributed by atoms with Crippen LogP contribution in [0.15, 0.2) is 36.0 Å². The summed E-state index contributed by atoms with van der Waals surface area (Å²) in [5, 5.41) is 0. The van der Waals surface area contributed by atoms with Gasteiger partial charge in [-0.15, -0.1) is 0 Å². The van der Waals surface area contributed by atoms with Crippen molar-refractivity contribution in [2.24, 2.45) is 5.73 Å². The minimum absolute atomic E-state index is 0.337. The Morgan fingerprint density at radius 1 is 1.40 bits per heavy atom. The Morgan fingerprint density at radius 3 is 2.90 bits per heavy atom. The van der Waals surface area contributed by atoms with Crippen LogP contribution in [0.2, 0.25) is 0 Å². The number of hydrogen-bond donors (Lipinski definition) is 1. The predicted molar refractivity (Wildman–Crippen MR) is 40.2 cm³/mol. The molecule has 10 heavy (non-hydrogen) atoms. The van der Waals surface area contributed by atoms with Crippen molar-refractivity contribution in [1.82, 2.24) is 0 Å². The topological polar surface area (TPSA) is 43.1 Å². The molecule has 2 N–H and O–H groups in total. The molecule has 1 amide bonds. The van der Waals surface area contributed by atoms with Crippen molar-refractivity contribution >= 4 is 5.91 Å². The van der Waals surface area contributed by atoms with E-state index in [2.05, 4.69) is 0 Å². The van der Waals surface area contributed by atoms with Crippen molar-refractivity contribution < 1.29 is 4.79 Å². The van der Waals surface area contributed by atoms with Gasteiger partial charge in [0, 0.05) is 5.57 Å². The molecular formula is C8H9NO. The summed E-state index contributed by atoms with van der Waals surface area (Å²) in [6.07, 6.45) is 9.86. The van der Waals surface area contributed by atoms with E-state index < -0.39 is 0 Å². The van der Waals surface area contributed by atoms with Crippen LogP contribution in [0.25, 0.3) is 0 Å². The van der Waals surface area contributed by atoms with E-state index in [1.54, 1.807) is 6.08 Å². The quantitative estimate of drug-likeness (QED) is 0.570.